The van der Waals surface area contributed by atoms with Crippen molar-refractivity contribution in [2.24, 2.45) is 5.92 Å². The Balaban J connectivity index is 1.71. The molecule has 0 saturated carbocycles. The van der Waals surface area contributed by atoms with Crippen LogP contribution in [-0.4, -0.2) is 37.5 Å². The molecule has 4 nitrogen and oxygen atoms in total. The molecule has 1 aromatic carbocycles. The van der Waals surface area contributed by atoms with E-state index in [0.717, 1.165) is 36.1 Å². The minimum atomic E-state index is -0.0433. The number of hydrogen-bond donors (Lipinski definition) is 2. The second kappa shape index (κ2) is 5.42. The molecule has 1 amide bonds. The number of benzene rings is 1. The van der Waals surface area contributed by atoms with E-state index >= 15 is 0 Å². The predicted molar refractivity (Wildman–Crippen MR) is 84.2 cm³/mol. The van der Waals surface area contributed by atoms with Crippen LogP contribution < -0.4 is 11.1 Å². The first kappa shape index (κ1) is 13.4. The number of nitrogens with one attached hydrogen (secondary N) is 1. The lowest BCUT2D eigenvalue weighted by Crippen LogP contribution is -2.30. The second-order valence-electron chi connectivity index (χ2n) is 5.47. The van der Waals surface area contributed by atoms with Crippen LogP contribution in [-0.2, 0) is 0 Å². The number of hydrogen-bond acceptors (Lipinski definition) is 4. The Morgan fingerprint density at radius 2 is 2.30 bits per heavy atom. The lowest BCUT2D eigenvalue weighted by atomic mass is 10.1. The van der Waals surface area contributed by atoms with Gasteiger partial charge in [0.05, 0.1) is 5.69 Å². The molecule has 3 rings (SSSR count). The van der Waals surface area contributed by atoms with E-state index in [-0.39, 0.29) is 5.91 Å². The Morgan fingerprint density at radius 3 is 3.00 bits per heavy atom. The maximum atomic E-state index is 12.3. The summed E-state index contributed by atoms with van der Waals surface area (Å²) in [4.78, 5) is 15.2. The maximum absolute atomic E-state index is 12.3. The molecule has 3 N–H and O–H groups in total. The molecule has 0 bridgehead atoms. The number of thiophene rings is 1. The fraction of sp³-hybridized carbons (Fsp3) is 0.400. The van der Waals surface area contributed by atoms with Gasteiger partial charge in [0.15, 0.2) is 0 Å². The standard InChI is InChI=1S/C15H19N3OS/c1-18-7-6-10(9-18)8-17-15(19)14-13(16)11-4-2-3-5-12(11)20-14/h2-5,10H,6-9,16H2,1H3,(H,17,19). The fourth-order valence-electron chi connectivity index (χ4n) is 2.74. The Labute approximate surface area is 122 Å². The van der Waals surface area contributed by atoms with Gasteiger partial charge < -0.3 is 16.0 Å². The molecule has 0 aliphatic carbocycles. The zero-order valence-electron chi connectivity index (χ0n) is 11.6. The lowest BCUT2D eigenvalue weighted by molar-refractivity contribution is 0.0952. The average molecular weight is 289 g/mol. The van der Waals surface area contributed by atoms with Crippen molar-refractivity contribution in [2.45, 2.75) is 6.42 Å². The number of fused-ring (bicyclic) bond motifs is 1. The van der Waals surface area contributed by atoms with E-state index in [9.17, 15) is 4.79 Å². The highest BCUT2D eigenvalue weighted by atomic mass is 32.1. The van der Waals surface area contributed by atoms with E-state index < -0.39 is 0 Å². The first-order valence-electron chi connectivity index (χ1n) is 6.89. The Hall–Kier alpha value is -1.59. The predicted octanol–water partition coefficient (Wildman–Crippen LogP) is 2.17. The smallest absolute Gasteiger partial charge is 0.263 e. The number of likely N-dealkylation sites (tertiary alicyclic amines) is 1. The number of nitrogens with two attached hydrogens (primary N) is 1. The van der Waals surface area contributed by atoms with E-state index in [1.807, 2.05) is 24.3 Å². The molecule has 1 aromatic heterocycles. The Bertz CT molecular complexity index is 637. The zero-order valence-corrected chi connectivity index (χ0v) is 12.4. The summed E-state index contributed by atoms with van der Waals surface area (Å²) in [5, 5.41) is 4.00. The highest BCUT2D eigenvalue weighted by molar-refractivity contribution is 7.21. The van der Waals surface area contributed by atoms with Crippen LogP contribution in [0, 0.1) is 5.92 Å². The van der Waals surface area contributed by atoms with Gasteiger partial charge in [0.25, 0.3) is 5.91 Å². The number of carbonyl (C=O) groups excluding carboxylic acids is 1. The van der Waals surface area contributed by atoms with E-state index in [2.05, 4.69) is 17.3 Å². The summed E-state index contributed by atoms with van der Waals surface area (Å²) in [7, 11) is 2.12. The molecule has 2 aromatic rings. The molecule has 0 radical (unpaired) electrons. The van der Waals surface area contributed by atoms with Crippen molar-refractivity contribution in [3.05, 3.63) is 29.1 Å². The zero-order chi connectivity index (χ0) is 14.1. The van der Waals surface area contributed by atoms with Gasteiger partial charge in [0, 0.05) is 23.2 Å². The number of anilines is 1. The third-order valence-corrected chi connectivity index (χ3v) is 5.07. The van der Waals surface area contributed by atoms with Crippen LogP contribution >= 0.6 is 11.3 Å². The molecule has 5 heteroatoms. The molecule has 1 saturated heterocycles. The molecular formula is C15H19N3OS. The average Bonchev–Trinajstić information content (AvgIpc) is 3.01. The normalized spacial score (nSPS) is 19.6. The molecule has 1 fully saturated rings. The molecule has 0 spiro atoms. The van der Waals surface area contributed by atoms with Crippen molar-refractivity contribution in [3.63, 3.8) is 0 Å². The number of amides is 1. The summed E-state index contributed by atoms with van der Waals surface area (Å²) in [5.74, 6) is 0.512. The monoisotopic (exact) mass is 289 g/mol. The van der Waals surface area contributed by atoms with Crippen LogP contribution in [0.5, 0.6) is 0 Å². The van der Waals surface area contributed by atoms with Gasteiger partial charge in [-0.1, -0.05) is 18.2 Å². The van der Waals surface area contributed by atoms with Crippen LogP contribution in [0.2, 0.25) is 0 Å². The van der Waals surface area contributed by atoms with Gasteiger partial charge in [-0.05, 0) is 32.0 Å². The highest BCUT2D eigenvalue weighted by Crippen LogP contribution is 2.33. The second-order valence-corrected chi connectivity index (χ2v) is 6.52. The molecule has 1 unspecified atom stereocenters. The highest BCUT2D eigenvalue weighted by Gasteiger charge is 2.21. The number of nitrogens with zero attached hydrogens (tertiary/aromatic N) is 1. The summed E-state index contributed by atoms with van der Waals surface area (Å²) in [6.45, 7) is 2.91. The molecule has 1 atom stereocenters. The number of carbonyl (C=O) groups is 1. The quantitative estimate of drug-likeness (QED) is 0.910. The van der Waals surface area contributed by atoms with Crippen molar-refractivity contribution < 1.29 is 4.79 Å². The van der Waals surface area contributed by atoms with E-state index in [1.54, 1.807) is 0 Å². The van der Waals surface area contributed by atoms with Crippen LogP contribution in [0.4, 0.5) is 5.69 Å². The number of rotatable bonds is 3. The minimum absolute atomic E-state index is 0.0433. The fourth-order valence-corrected chi connectivity index (χ4v) is 3.78. The molecule has 2 heterocycles. The van der Waals surface area contributed by atoms with Crippen molar-refractivity contribution in [1.82, 2.24) is 10.2 Å². The van der Waals surface area contributed by atoms with Gasteiger partial charge in [0.1, 0.15) is 4.88 Å². The SMILES string of the molecule is CN1CCC(CNC(=O)c2sc3ccccc3c2N)C1. The Morgan fingerprint density at radius 1 is 1.50 bits per heavy atom. The topological polar surface area (TPSA) is 58.4 Å². The lowest BCUT2D eigenvalue weighted by Gasteiger charge is -2.11. The van der Waals surface area contributed by atoms with E-state index in [0.29, 0.717) is 16.5 Å². The van der Waals surface area contributed by atoms with Crippen LogP contribution in [0.3, 0.4) is 0 Å². The summed E-state index contributed by atoms with van der Waals surface area (Å²) < 4.78 is 1.07. The van der Waals surface area contributed by atoms with Gasteiger partial charge >= 0.3 is 0 Å². The largest absolute Gasteiger partial charge is 0.397 e. The van der Waals surface area contributed by atoms with Crippen molar-refractivity contribution in [3.8, 4) is 0 Å². The minimum Gasteiger partial charge on any atom is -0.397 e. The third kappa shape index (κ3) is 2.51. The molecule has 1 aliphatic rings. The van der Waals surface area contributed by atoms with Gasteiger partial charge in [-0.25, -0.2) is 0 Å². The van der Waals surface area contributed by atoms with Gasteiger partial charge in [-0.3, -0.25) is 4.79 Å². The number of nitrogen functional groups attached to an aromatic ring is 1. The first-order valence-corrected chi connectivity index (χ1v) is 7.70. The van der Waals surface area contributed by atoms with Crippen LogP contribution in [0.15, 0.2) is 24.3 Å². The maximum Gasteiger partial charge on any atom is 0.263 e. The van der Waals surface area contributed by atoms with Crippen LogP contribution in [0.25, 0.3) is 10.1 Å². The molecular weight excluding hydrogens is 270 g/mol. The van der Waals surface area contributed by atoms with Gasteiger partial charge in [-0.15, -0.1) is 11.3 Å². The third-order valence-electron chi connectivity index (χ3n) is 3.88. The van der Waals surface area contributed by atoms with Crippen molar-refractivity contribution >= 4 is 33.0 Å². The van der Waals surface area contributed by atoms with E-state index in [1.165, 1.54) is 11.3 Å². The van der Waals surface area contributed by atoms with Crippen molar-refractivity contribution in [1.29, 1.82) is 0 Å². The summed E-state index contributed by atoms with van der Waals surface area (Å²) >= 11 is 1.47. The molecule has 1 aliphatic heterocycles. The van der Waals surface area contributed by atoms with E-state index in [4.69, 9.17) is 5.73 Å². The summed E-state index contributed by atoms with van der Waals surface area (Å²) in [6, 6.07) is 7.87. The van der Waals surface area contributed by atoms with Crippen molar-refractivity contribution in [2.75, 3.05) is 32.4 Å². The van der Waals surface area contributed by atoms with Crippen LogP contribution in [0.1, 0.15) is 16.1 Å². The summed E-state index contributed by atoms with van der Waals surface area (Å²) in [5.41, 5.74) is 6.69. The molecule has 106 valence electrons. The first-order chi connectivity index (χ1) is 9.65. The van der Waals surface area contributed by atoms with Gasteiger partial charge in [-0.2, -0.15) is 0 Å². The molecule has 20 heavy (non-hydrogen) atoms. The Kier molecular flexibility index (Phi) is 3.63. The summed E-state index contributed by atoms with van der Waals surface area (Å²) in [6.07, 6.45) is 1.15. The van der Waals surface area contributed by atoms with Gasteiger partial charge in [0.2, 0.25) is 0 Å².